The highest BCUT2D eigenvalue weighted by Gasteiger charge is 2.39. The molecule has 32 heavy (non-hydrogen) atoms. The molecule has 1 aliphatic heterocycles. The fraction of sp³-hybridized carbons (Fsp3) is 0.542. The molecule has 2 fully saturated rings. The van der Waals surface area contributed by atoms with Crippen LogP contribution in [0.1, 0.15) is 60.6 Å². The SMILES string of the molecule is CCc1nc2ccccc2c(C)c1C(=O)OCC(=O)N(C1CCCC1)C1CCS(=O)(=O)C1. The van der Waals surface area contributed by atoms with E-state index in [2.05, 4.69) is 4.98 Å². The number of benzene rings is 1. The second kappa shape index (κ2) is 9.17. The van der Waals surface area contributed by atoms with Crippen LogP contribution in [0.2, 0.25) is 0 Å². The quantitative estimate of drug-likeness (QED) is 0.617. The van der Waals surface area contributed by atoms with Crippen molar-refractivity contribution in [2.24, 2.45) is 0 Å². The predicted octanol–water partition coefficient (Wildman–Crippen LogP) is 3.22. The smallest absolute Gasteiger partial charge is 0.340 e. The van der Waals surface area contributed by atoms with Gasteiger partial charge in [-0.1, -0.05) is 38.0 Å². The number of carbonyl (C=O) groups excluding carboxylic acids is 2. The van der Waals surface area contributed by atoms with E-state index in [4.69, 9.17) is 4.74 Å². The summed E-state index contributed by atoms with van der Waals surface area (Å²) in [5.41, 5.74) is 2.67. The molecular weight excluding hydrogens is 428 g/mol. The summed E-state index contributed by atoms with van der Waals surface area (Å²) in [7, 11) is -3.12. The number of para-hydroxylation sites is 1. The van der Waals surface area contributed by atoms with E-state index in [0.29, 0.717) is 24.1 Å². The predicted molar refractivity (Wildman–Crippen MR) is 122 cm³/mol. The zero-order valence-electron chi connectivity index (χ0n) is 18.7. The van der Waals surface area contributed by atoms with Gasteiger partial charge in [0.1, 0.15) is 0 Å². The summed E-state index contributed by atoms with van der Waals surface area (Å²) in [6, 6.07) is 7.33. The number of amides is 1. The number of fused-ring (bicyclic) bond motifs is 1. The average molecular weight is 459 g/mol. The van der Waals surface area contributed by atoms with Gasteiger partial charge >= 0.3 is 5.97 Å². The summed E-state index contributed by atoms with van der Waals surface area (Å²) < 4.78 is 29.5. The van der Waals surface area contributed by atoms with Crippen LogP contribution in [0.15, 0.2) is 24.3 Å². The molecule has 1 unspecified atom stereocenters. The maximum Gasteiger partial charge on any atom is 0.340 e. The molecule has 8 heteroatoms. The molecule has 0 N–H and O–H groups in total. The van der Waals surface area contributed by atoms with E-state index < -0.39 is 15.8 Å². The highest BCUT2D eigenvalue weighted by molar-refractivity contribution is 7.91. The molecule has 1 saturated carbocycles. The van der Waals surface area contributed by atoms with E-state index in [-0.39, 0.29) is 36.1 Å². The number of esters is 1. The number of aromatic nitrogens is 1. The van der Waals surface area contributed by atoms with Gasteiger partial charge in [0.15, 0.2) is 16.4 Å². The zero-order chi connectivity index (χ0) is 22.9. The third-order valence-electron chi connectivity index (χ3n) is 6.70. The second-order valence-electron chi connectivity index (χ2n) is 8.80. The van der Waals surface area contributed by atoms with Crippen molar-refractivity contribution in [3.63, 3.8) is 0 Å². The molecule has 1 atom stereocenters. The Balaban J connectivity index is 1.53. The molecular formula is C24H30N2O5S. The third-order valence-corrected chi connectivity index (χ3v) is 8.45. The van der Waals surface area contributed by atoms with Crippen LogP contribution in [0.5, 0.6) is 0 Å². The van der Waals surface area contributed by atoms with Crippen molar-refractivity contribution < 1.29 is 22.7 Å². The summed E-state index contributed by atoms with van der Waals surface area (Å²) >= 11 is 0. The van der Waals surface area contributed by atoms with Gasteiger partial charge in [0.05, 0.1) is 28.3 Å². The van der Waals surface area contributed by atoms with Gasteiger partial charge in [0.2, 0.25) is 0 Å². The Hall–Kier alpha value is -2.48. The number of pyridine rings is 1. The van der Waals surface area contributed by atoms with Crippen LogP contribution in [-0.2, 0) is 25.8 Å². The van der Waals surface area contributed by atoms with E-state index in [1.54, 1.807) is 4.90 Å². The maximum atomic E-state index is 13.2. The maximum absolute atomic E-state index is 13.2. The lowest BCUT2D eigenvalue weighted by Crippen LogP contribution is -2.48. The van der Waals surface area contributed by atoms with Crippen molar-refractivity contribution in [1.29, 1.82) is 0 Å². The van der Waals surface area contributed by atoms with Crippen LogP contribution < -0.4 is 0 Å². The highest BCUT2D eigenvalue weighted by Crippen LogP contribution is 2.29. The lowest BCUT2D eigenvalue weighted by atomic mass is 10.0. The fourth-order valence-electron chi connectivity index (χ4n) is 5.12. The fourth-order valence-corrected chi connectivity index (χ4v) is 6.84. The zero-order valence-corrected chi connectivity index (χ0v) is 19.5. The number of aryl methyl sites for hydroxylation is 2. The van der Waals surface area contributed by atoms with Gasteiger partial charge in [-0.25, -0.2) is 13.2 Å². The van der Waals surface area contributed by atoms with Gasteiger partial charge in [0.25, 0.3) is 5.91 Å². The molecule has 1 saturated heterocycles. The average Bonchev–Trinajstić information content (AvgIpc) is 3.42. The van der Waals surface area contributed by atoms with Crippen molar-refractivity contribution in [3.05, 3.63) is 41.1 Å². The lowest BCUT2D eigenvalue weighted by molar-refractivity contribution is -0.139. The van der Waals surface area contributed by atoms with Crippen LogP contribution in [0.3, 0.4) is 0 Å². The van der Waals surface area contributed by atoms with Gasteiger partial charge in [-0.05, 0) is 44.2 Å². The van der Waals surface area contributed by atoms with Gasteiger partial charge in [0, 0.05) is 17.5 Å². The number of hydrogen-bond donors (Lipinski definition) is 0. The highest BCUT2D eigenvalue weighted by atomic mass is 32.2. The summed E-state index contributed by atoms with van der Waals surface area (Å²) in [6.45, 7) is 3.41. The van der Waals surface area contributed by atoms with Crippen molar-refractivity contribution in [2.45, 2.75) is 64.5 Å². The first kappa shape index (κ1) is 22.7. The number of ether oxygens (including phenoxy) is 1. The Kier molecular flexibility index (Phi) is 6.51. The first-order chi connectivity index (χ1) is 15.3. The second-order valence-corrected chi connectivity index (χ2v) is 11.0. The molecule has 1 aromatic carbocycles. The first-order valence-electron chi connectivity index (χ1n) is 11.4. The molecule has 2 heterocycles. The summed E-state index contributed by atoms with van der Waals surface area (Å²) in [5.74, 6) is -0.764. The van der Waals surface area contributed by atoms with Crippen LogP contribution in [0.25, 0.3) is 10.9 Å². The van der Waals surface area contributed by atoms with E-state index >= 15 is 0 Å². The first-order valence-corrected chi connectivity index (χ1v) is 13.2. The van der Waals surface area contributed by atoms with Gasteiger partial charge < -0.3 is 9.64 Å². The number of hydrogen-bond acceptors (Lipinski definition) is 6. The van der Waals surface area contributed by atoms with Crippen molar-refractivity contribution >= 4 is 32.6 Å². The minimum absolute atomic E-state index is 0.00310. The van der Waals surface area contributed by atoms with Crippen LogP contribution in [0.4, 0.5) is 0 Å². The molecule has 2 aliphatic rings. The Morgan fingerprint density at radius 1 is 1.12 bits per heavy atom. The van der Waals surface area contributed by atoms with Crippen molar-refractivity contribution in [3.8, 4) is 0 Å². The lowest BCUT2D eigenvalue weighted by Gasteiger charge is -2.33. The molecule has 0 radical (unpaired) electrons. The van der Waals surface area contributed by atoms with Crippen molar-refractivity contribution in [2.75, 3.05) is 18.1 Å². The normalized spacial score (nSPS) is 20.5. The van der Waals surface area contributed by atoms with E-state index in [1.165, 1.54) is 0 Å². The summed E-state index contributed by atoms with van der Waals surface area (Å²) in [6.07, 6.45) is 4.79. The van der Waals surface area contributed by atoms with E-state index in [1.807, 2.05) is 38.1 Å². The molecule has 172 valence electrons. The van der Waals surface area contributed by atoms with Crippen LogP contribution in [0, 0.1) is 6.92 Å². The molecule has 0 spiro atoms. The molecule has 4 rings (SSSR count). The minimum Gasteiger partial charge on any atom is -0.452 e. The third kappa shape index (κ3) is 4.51. The Bertz CT molecular complexity index is 1140. The molecule has 1 aliphatic carbocycles. The Morgan fingerprint density at radius 3 is 2.50 bits per heavy atom. The molecule has 0 bridgehead atoms. The largest absolute Gasteiger partial charge is 0.452 e. The van der Waals surface area contributed by atoms with Crippen LogP contribution in [-0.4, -0.2) is 60.4 Å². The number of sulfone groups is 1. The standard InChI is InChI=1S/C24H30N2O5S/c1-3-20-23(16(2)19-10-6-7-11-21(19)25-20)24(28)31-14-22(27)26(17-8-4-5-9-17)18-12-13-32(29,30)15-18/h6-7,10-11,17-18H,3-5,8-9,12-15H2,1-2H3. The summed E-state index contributed by atoms with van der Waals surface area (Å²) in [4.78, 5) is 32.5. The monoisotopic (exact) mass is 458 g/mol. The minimum atomic E-state index is -3.12. The number of rotatable bonds is 6. The van der Waals surface area contributed by atoms with Gasteiger partial charge in [-0.2, -0.15) is 0 Å². The topological polar surface area (TPSA) is 93.6 Å². The molecule has 7 nitrogen and oxygen atoms in total. The van der Waals surface area contributed by atoms with Gasteiger partial charge in [-0.15, -0.1) is 0 Å². The molecule has 2 aromatic rings. The van der Waals surface area contributed by atoms with Gasteiger partial charge in [-0.3, -0.25) is 9.78 Å². The molecule has 1 amide bonds. The Morgan fingerprint density at radius 2 is 1.84 bits per heavy atom. The van der Waals surface area contributed by atoms with Crippen molar-refractivity contribution in [1.82, 2.24) is 9.88 Å². The van der Waals surface area contributed by atoms with Crippen LogP contribution >= 0.6 is 0 Å². The van der Waals surface area contributed by atoms with E-state index in [9.17, 15) is 18.0 Å². The van der Waals surface area contributed by atoms with E-state index in [0.717, 1.165) is 42.1 Å². The molecule has 1 aromatic heterocycles. The Labute approximate surface area is 189 Å². The number of nitrogens with zero attached hydrogens (tertiary/aromatic N) is 2. The summed E-state index contributed by atoms with van der Waals surface area (Å²) in [5, 5.41) is 0.881. The number of carbonyl (C=O) groups is 2.